The molecule has 6 nitrogen and oxygen atoms in total. The van der Waals surface area contributed by atoms with E-state index in [2.05, 4.69) is 0 Å². The molecule has 4 atom stereocenters. The zero-order chi connectivity index (χ0) is 29.2. The molecule has 0 saturated carbocycles. The number of carbonyl (C=O) groups is 1. The Balaban J connectivity index is 1.66. The summed E-state index contributed by atoms with van der Waals surface area (Å²) in [7, 11) is -3.65. The molecule has 0 amide bonds. The van der Waals surface area contributed by atoms with E-state index in [1.165, 1.54) is 10.6 Å². The predicted octanol–water partition coefficient (Wildman–Crippen LogP) is 6.16. The summed E-state index contributed by atoms with van der Waals surface area (Å²) >= 11 is 0.997. The average molecular weight is 590 g/mol. The van der Waals surface area contributed by atoms with Crippen molar-refractivity contribution in [1.29, 1.82) is 0 Å². The number of rotatable bonds is 13. The molecule has 0 heterocycles. The van der Waals surface area contributed by atoms with Crippen LogP contribution in [0.15, 0.2) is 121 Å². The molecule has 41 heavy (non-hydrogen) atoms. The maximum absolute atomic E-state index is 14.0. The molecule has 0 spiro atoms. The molecule has 4 aromatic carbocycles. The van der Waals surface area contributed by atoms with Crippen LogP contribution in [0.2, 0.25) is 0 Å². The first-order valence-corrected chi connectivity index (χ1v) is 16.1. The van der Waals surface area contributed by atoms with Gasteiger partial charge in [-0.1, -0.05) is 133 Å². The second-order valence-electron chi connectivity index (χ2n) is 9.88. The molecule has 0 aromatic heterocycles. The minimum Gasteiger partial charge on any atom is -0.385 e. The number of thioether (sulfide) groups is 1. The second kappa shape index (κ2) is 14.6. The molecule has 0 aliphatic heterocycles. The van der Waals surface area contributed by atoms with Crippen LogP contribution in [0, 0.1) is 0 Å². The van der Waals surface area contributed by atoms with E-state index in [0.29, 0.717) is 5.56 Å². The third-order valence-corrected chi connectivity index (χ3v) is 9.50. The Hall–Kier alpha value is -3.27. The standard InChI is InChI=1S/C33H35NO5S2/c1-25(34(41(2,37)38)23-26-15-7-3-8-16-26)32(29-21-13-6-14-22-29)40-33(36)31(30(35)28-19-11-5-12-20-28)39-24-27-17-9-4-10-18-27/h3-22,25,30-32,35H,23-24H2,1-2H3/t25-,30+,31+,32-/m1/s1. The van der Waals surface area contributed by atoms with Crippen LogP contribution in [-0.2, 0) is 32.7 Å². The summed E-state index contributed by atoms with van der Waals surface area (Å²) in [5, 5.41) is 10.4. The van der Waals surface area contributed by atoms with E-state index in [0.717, 1.165) is 28.5 Å². The molecule has 0 saturated heterocycles. The van der Waals surface area contributed by atoms with Gasteiger partial charge in [-0.3, -0.25) is 4.79 Å². The first kappa shape index (κ1) is 30.7. The van der Waals surface area contributed by atoms with Gasteiger partial charge in [-0.2, -0.15) is 4.31 Å². The van der Waals surface area contributed by atoms with Gasteiger partial charge in [0.15, 0.2) is 6.10 Å². The van der Waals surface area contributed by atoms with Crippen molar-refractivity contribution in [3.8, 4) is 0 Å². The Labute approximate surface area is 247 Å². The molecule has 214 valence electrons. The minimum absolute atomic E-state index is 0.136. The van der Waals surface area contributed by atoms with E-state index in [1.807, 2.05) is 104 Å². The molecule has 4 aromatic rings. The molecule has 0 radical (unpaired) electrons. The lowest BCUT2D eigenvalue weighted by atomic mass is 10.0. The van der Waals surface area contributed by atoms with Crippen molar-refractivity contribution in [1.82, 2.24) is 4.31 Å². The predicted molar refractivity (Wildman–Crippen MR) is 164 cm³/mol. The van der Waals surface area contributed by atoms with Crippen LogP contribution in [0.5, 0.6) is 0 Å². The summed E-state index contributed by atoms with van der Waals surface area (Å²) in [5.74, 6) is 0. The molecule has 8 heteroatoms. The van der Waals surface area contributed by atoms with Crippen LogP contribution in [-0.4, -0.2) is 41.3 Å². The first-order chi connectivity index (χ1) is 19.7. The minimum atomic E-state index is -3.65. The summed E-state index contributed by atoms with van der Waals surface area (Å²) in [5.41, 5.74) is 3.08. The van der Waals surface area contributed by atoms with Crippen LogP contribution in [0.25, 0.3) is 0 Å². The van der Waals surface area contributed by atoms with Gasteiger partial charge < -0.3 is 9.84 Å². The van der Waals surface area contributed by atoms with E-state index in [-0.39, 0.29) is 18.3 Å². The van der Waals surface area contributed by atoms with Crippen molar-refractivity contribution >= 4 is 26.9 Å². The highest BCUT2D eigenvalue weighted by atomic mass is 32.2. The third kappa shape index (κ3) is 8.61. The normalized spacial score (nSPS) is 14.7. The van der Waals surface area contributed by atoms with Crippen molar-refractivity contribution in [3.05, 3.63) is 144 Å². The molecule has 0 aliphatic rings. The maximum Gasteiger partial charge on any atom is 0.221 e. The van der Waals surface area contributed by atoms with Gasteiger partial charge >= 0.3 is 0 Å². The Kier molecular flexibility index (Phi) is 10.9. The highest BCUT2D eigenvalue weighted by molar-refractivity contribution is 8.14. The van der Waals surface area contributed by atoms with Crippen molar-refractivity contribution < 1.29 is 23.1 Å². The van der Waals surface area contributed by atoms with Gasteiger partial charge in [-0.05, 0) is 29.2 Å². The van der Waals surface area contributed by atoms with E-state index in [1.54, 1.807) is 24.3 Å². The van der Waals surface area contributed by atoms with Crippen LogP contribution in [0.3, 0.4) is 0 Å². The smallest absolute Gasteiger partial charge is 0.221 e. The molecular formula is C33H35NO5S2. The van der Waals surface area contributed by atoms with Crippen LogP contribution in [0.4, 0.5) is 0 Å². The number of aliphatic hydroxyl groups excluding tert-OH is 1. The van der Waals surface area contributed by atoms with Crippen molar-refractivity contribution in [3.63, 3.8) is 0 Å². The van der Waals surface area contributed by atoms with E-state index in [9.17, 15) is 18.3 Å². The van der Waals surface area contributed by atoms with Gasteiger partial charge in [0.05, 0.1) is 18.1 Å². The molecular weight excluding hydrogens is 554 g/mol. The summed E-state index contributed by atoms with van der Waals surface area (Å²) < 4.78 is 33.6. The fourth-order valence-electron chi connectivity index (χ4n) is 4.63. The van der Waals surface area contributed by atoms with Gasteiger partial charge in [0.25, 0.3) is 0 Å². The SMILES string of the molecule is C[C@H]([C@@H](SC(=O)[C@@H](OCc1ccccc1)[C@@H](O)c1ccccc1)c1ccccc1)N(Cc1ccccc1)S(C)(=O)=O. The second-order valence-corrected chi connectivity index (χ2v) is 13.0. The highest BCUT2D eigenvalue weighted by Gasteiger charge is 2.37. The zero-order valence-electron chi connectivity index (χ0n) is 23.1. The number of aliphatic hydroxyl groups is 1. The van der Waals surface area contributed by atoms with E-state index < -0.39 is 33.5 Å². The molecule has 0 fully saturated rings. The lowest BCUT2D eigenvalue weighted by Gasteiger charge is -2.34. The van der Waals surface area contributed by atoms with E-state index >= 15 is 0 Å². The molecule has 0 bridgehead atoms. The number of nitrogens with zero attached hydrogens (tertiary/aromatic N) is 1. The largest absolute Gasteiger partial charge is 0.385 e. The van der Waals surface area contributed by atoms with Gasteiger partial charge in [0.2, 0.25) is 15.1 Å². The fraction of sp³-hybridized carbons (Fsp3) is 0.242. The summed E-state index contributed by atoms with van der Waals surface area (Å²) in [6.45, 7) is 2.12. The Morgan fingerprint density at radius 1 is 0.780 bits per heavy atom. The summed E-state index contributed by atoms with van der Waals surface area (Å²) in [6.07, 6.45) is -1.20. The van der Waals surface area contributed by atoms with Gasteiger partial charge in [-0.25, -0.2) is 8.42 Å². The van der Waals surface area contributed by atoms with Crippen LogP contribution in [0.1, 0.15) is 40.5 Å². The number of sulfonamides is 1. The number of hydrogen-bond acceptors (Lipinski definition) is 6. The lowest BCUT2D eigenvalue weighted by molar-refractivity contribution is -0.131. The average Bonchev–Trinajstić information content (AvgIpc) is 2.99. The number of benzene rings is 4. The highest BCUT2D eigenvalue weighted by Crippen LogP contribution is 2.39. The van der Waals surface area contributed by atoms with Gasteiger partial charge in [-0.15, -0.1) is 0 Å². The Morgan fingerprint density at radius 2 is 1.24 bits per heavy atom. The van der Waals surface area contributed by atoms with Gasteiger partial charge in [0, 0.05) is 12.6 Å². The third-order valence-electron chi connectivity index (χ3n) is 6.80. The van der Waals surface area contributed by atoms with E-state index in [4.69, 9.17) is 4.74 Å². The van der Waals surface area contributed by atoms with Crippen molar-refractivity contribution in [2.75, 3.05) is 6.26 Å². The molecule has 0 unspecified atom stereocenters. The molecule has 1 N–H and O–H groups in total. The molecule has 0 aliphatic carbocycles. The zero-order valence-corrected chi connectivity index (χ0v) is 24.7. The quantitative estimate of drug-likeness (QED) is 0.201. The maximum atomic E-state index is 14.0. The van der Waals surface area contributed by atoms with Gasteiger partial charge in [0.1, 0.15) is 6.10 Å². The fourth-order valence-corrected chi connectivity index (χ4v) is 7.04. The first-order valence-electron chi connectivity index (χ1n) is 13.4. The summed E-state index contributed by atoms with van der Waals surface area (Å²) in [6, 6.07) is 36.6. The summed E-state index contributed by atoms with van der Waals surface area (Å²) in [4.78, 5) is 14.0. The topological polar surface area (TPSA) is 83.9 Å². The monoisotopic (exact) mass is 589 g/mol. The van der Waals surface area contributed by atoms with Crippen LogP contribution < -0.4 is 0 Å². The van der Waals surface area contributed by atoms with Crippen molar-refractivity contribution in [2.45, 2.75) is 43.6 Å². The lowest BCUT2D eigenvalue weighted by Crippen LogP contribution is -2.41. The Morgan fingerprint density at radius 3 is 1.76 bits per heavy atom. The van der Waals surface area contributed by atoms with Crippen molar-refractivity contribution in [2.24, 2.45) is 0 Å². The number of ether oxygens (including phenoxy) is 1. The number of carbonyl (C=O) groups excluding carboxylic acids is 1. The molecule has 4 rings (SSSR count). The Bertz CT molecular complexity index is 1470. The number of hydrogen-bond donors (Lipinski definition) is 1. The van der Waals surface area contributed by atoms with Crippen LogP contribution >= 0.6 is 11.8 Å².